The first-order chi connectivity index (χ1) is 51.3. The molecule has 5 N–H and O–H groups in total. The van der Waals surface area contributed by atoms with Gasteiger partial charge in [0.05, 0.1) is 38.8 Å². The van der Waals surface area contributed by atoms with Gasteiger partial charge in [-0.05, 0) is 171 Å². The van der Waals surface area contributed by atoms with Gasteiger partial charge in [-0.25, -0.2) is 30.9 Å². The van der Waals surface area contributed by atoms with Crippen LogP contribution in [0.3, 0.4) is 0 Å². The summed E-state index contributed by atoms with van der Waals surface area (Å²) >= 11 is 9.06. The Morgan fingerprint density at radius 1 is 0.796 bits per heavy atom. The highest BCUT2D eigenvalue weighted by Gasteiger charge is 2.50. The third kappa shape index (κ3) is 19.3. The van der Waals surface area contributed by atoms with Gasteiger partial charge in [0.25, 0.3) is 25.8 Å². The van der Waals surface area contributed by atoms with Crippen LogP contribution in [0.15, 0.2) is 141 Å². The summed E-state index contributed by atoms with van der Waals surface area (Å²) in [6.07, 6.45) is 6.59. The zero-order valence-corrected chi connectivity index (χ0v) is 65.4. The van der Waals surface area contributed by atoms with Crippen LogP contribution < -0.4 is 25.6 Å². The maximum absolute atomic E-state index is 15.2. The molecule has 5 amide bonds. The van der Waals surface area contributed by atoms with Crippen molar-refractivity contribution in [3.8, 4) is 10.4 Å². The summed E-state index contributed by atoms with van der Waals surface area (Å²) in [6.45, 7) is 15.5. The number of halogens is 5. The molecule has 580 valence electrons. The molecule has 0 unspecified atom stereocenters. The Morgan fingerprint density at radius 2 is 1.49 bits per heavy atom. The number of sulfonamides is 1. The zero-order chi connectivity index (χ0) is 77.0. The lowest BCUT2D eigenvalue weighted by Gasteiger charge is -2.38. The van der Waals surface area contributed by atoms with Crippen LogP contribution in [0.1, 0.15) is 138 Å². The van der Waals surface area contributed by atoms with Crippen LogP contribution in [-0.4, -0.2) is 184 Å². The van der Waals surface area contributed by atoms with E-state index in [1.165, 1.54) is 53.3 Å². The number of hydrogen-bond acceptors (Lipinski definition) is 17. The maximum Gasteiger partial charge on any atom is 0.501 e. The van der Waals surface area contributed by atoms with Crippen molar-refractivity contribution < 1.29 is 63.5 Å². The number of allylic oxidation sites excluding steroid dienone is 1. The molecular formula is C79H95ClF4N10O10S4. The number of anilines is 2. The molecule has 1 spiro atoms. The van der Waals surface area contributed by atoms with Gasteiger partial charge in [0, 0.05) is 130 Å². The Balaban J connectivity index is 0.604. The van der Waals surface area contributed by atoms with Crippen molar-refractivity contribution in [3.05, 3.63) is 160 Å². The number of sulfone groups is 1. The van der Waals surface area contributed by atoms with Gasteiger partial charge in [0.2, 0.25) is 23.6 Å². The smallest absolute Gasteiger partial charge is 0.391 e. The van der Waals surface area contributed by atoms with E-state index in [2.05, 4.69) is 35.6 Å². The van der Waals surface area contributed by atoms with Crippen molar-refractivity contribution in [1.82, 2.24) is 39.9 Å². The number of fused-ring (bicyclic) bond motifs is 1. The van der Waals surface area contributed by atoms with Gasteiger partial charge in [0.15, 0.2) is 0 Å². The number of unbranched alkanes of at least 4 members (excludes halogenated alkanes) is 2. The molecular weight excluding hydrogens is 1490 g/mol. The highest BCUT2D eigenvalue weighted by Crippen LogP contribution is 2.59. The molecule has 12 rings (SSSR count). The molecule has 20 nitrogen and oxygen atoms in total. The second-order valence-corrected chi connectivity index (χ2v) is 37.0. The molecule has 108 heavy (non-hydrogen) atoms. The van der Waals surface area contributed by atoms with Crippen molar-refractivity contribution in [2.75, 3.05) is 88.0 Å². The molecule has 6 aliphatic rings. The molecule has 0 bridgehead atoms. The van der Waals surface area contributed by atoms with Gasteiger partial charge in [-0.2, -0.15) is 13.2 Å². The molecule has 7 atom stereocenters. The number of aryl methyl sites for hydroxylation is 1. The number of alkyl halides is 3. The van der Waals surface area contributed by atoms with Crippen LogP contribution in [0, 0.1) is 35.4 Å². The van der Waals surface area contributed by atoms with Crippen LogP contribution >= 0.6 is 34.7 Å². The lowest BCUT2D eigenvalue weighted by Crippen LogP contribution is -2.57. The van der Waals surface area contributed by atoms with Gasteiger partial charge in [0.1, 0.15) is 22.8 Å². The first-order valence-corrected chi connectivity index (χ1v) is 42.3. The molecule has 4 aliphatic heterocycles. The van der Waals surface area contributed by atoms with Crippen molar-refractivity contribution >= 4 is 101 Å². The average Bonchev–Trinajstić information content (AvgIpc) is 1.34. The van der Waals surface area contributed by atoms with Gasteiger partial charge in [-0.15, -0.1) is 23.1 Å². The first kappa shape index (κ1) is 80.1. The van der Waals surface area contributed by atoms with Crippen LogP contribution in [0.25, 0.3) is 16.0 Å². The fraction of sp³-hybridized carbons (Fsp3) is 0.494. The number of thioether (sulfide) groups is 1. The summed E-state index contributed by atoms with van der Waals surface area (Å²) in [6, 6.07) is 27.6. The molecule has 29 heteroatoms. The van der Waals surface area contributed by atoms with Gasteiger partial charge < -0.3 is 40.7 Å². The number of benzene rings is 5. The number of piperazine rings is 1. The summed E-state index contributed by atoms with van der Waals surface area (Å²) in [7, 11) is -11.1. The third-order valence-corrected chi connectivity index (χ3v) is 27.4. The monoisotopic (exact) mass is 1580 g/mol. The number of carbonyl (C=O) groups is 5. The SMILES string of the molecule is Cc1ncsc1-c1ccc([C@H](C)NC(=O)[C@@H]2C[C@@H](O)CN2C(=O)[C@@H](NC(=O)CCCCCC(=O)N2C[C@H]3CN(CC[C@H](CSc4ccccc4)Nc4ccc(S(=O)(=O)NC(=O)c5ccc(N6CCN(CC7=C(c8ccc(Cl)cc8F)CCC8(CC8)C7)CC6)cc5)cc4S(=O)(=O)C(F)(F)F)C[C@H]3C2)C(C)(C)C)cc1. The summed E-state index contributed by atoms with van der Waals surface area (Å²) in [4.78, 5) is 82.9. The summed E-state index contributed by atoms with van der Waals surface area (Å²) < 4.78 is 116. The van der Waals surface area contributed by atoms with Crippen LogP contribution in [-0.2, 0) is 39.0 Å². The number of aliphatic hydroxyl groups excluding tert-OH is 1. The Bertz CT molecular complexity index is 4520. The number of carbonyl (C=O) groups excluding carboxylic acids is 5. The zero-order valence-electron chi connectivity index (χ0n) is 61.4. The second-order valence-electron chi connectivity index (χ2n) is 31.0. The minimum absolute atomic E-state index is 0.000592. The number of β-amino-alcohol motifs (C(OH)–C–C–N with tert-alkyl or cyclic N) is 1. The van der Waals surface area contributed by atoms with Crippen molar-refractivity contribution in [3.63, 3.8) is 0 Å². The van der Waals surface area contributed by atoms with E-state index in [1.54, 1.807) is 41.1 Å². The molecule has 5 fully saturated rings. The first-order valence-electron chi connectivity index (χ1n) is 37.1. The van der Waals surface area contributed by atoms with E-state index in [0.717, 1.165) is 75.8 Å². The number of thiazole rings is 1. The van der Waals surface area contributed by atoms with Gasteiger partial charge in [-0.3, -0.25) is 28.9 Å². The normalized spacial score (nSPS) is 20.7. The standard InChI is InChI=1S/C79H95ClF4N10O10S4/c1-50(52-16-18-53(19-17-52)72-51(2)85-49-106-72)86-75(99)68-39-61(95)47-94(68)76(100)73(77(3,4)5)88-70(96)14-10-7-11-15-71(97)93-45-56-43-91(44-57(56)46-93)33-29-59(48-105-62-12-8-6-9-13-62)87-67-27-25-63(40-69(67)107(101,102)79(82,83)84)108(103,104)89-74(98)54-20-23-60(24-21-54)92-36-34-90(35-37-92)42-55-41-78(31-32-78)30-28-64(55)65-26-22-58(80)38-66(65)81/h6,8-9,12-13,16-27,38,40,49-50,56-57,59,61,68,73,87,95H,7,10-11,14-15,28-37,39,41-48H2,1-5H3,(H,86,99)(H,88,96)(H,89,98)/t50-,56-,57+,59+,61+,68-,73+/m0/s1. The third-order valence-electron chi connectivity index (χ3n) is 22.1. The molecule has 5 heterocycles. The largest absolute Gasteiger partial charge is 0.501 e. The molecule has 2 aliphatic carbocycles. The number of aliphatic hydroxyl groups is 1. The maximum atomic E-state index is 15.2. The van der Waals surface area contributed by atoms with E-state index in [-0.39, 0.29) is 66.6 Å². The molecule has 0 radical (unpaired) electrons. The van der Waals surface area contributed by atoms with E-state index in [1.807, 2.05) is 98.8 Å². The number of nitrogens with zero attached hydrogens (tertiary/aromatic N) is 6. The predicted octanol–water partition coefficient (Wildman–Crippen LogP) is 12.5. The van der Waals surface area contributed by atoms with E-state index in [0.29, 0.717) is 107 Å². The molecule has 1 aromatic heterocycles. The number of amides is 5. The average molecular weight is 1580 g/mol. The molecule has 5 aromatic carbocycles. The number of hydrogen-bond donors (Lipinski definition) is 5. The summed E-state index contributed by atoms with van der Waals surface area (Å²) in [5, 5.41) is 20.1. The van der Waals surface area contributed by atoms with Crippen LogP contribution in [0.2, 0.25) is 5.02 Å². The number of rotatable bonds is 28. The van der Waals surface area contributed by atoms with Gasteiger partial charge in [-0.1, -0.05) is 92.9 Å². The Kier molecular flexibility index (Phi) is 24.9. The lowest BCUT2D eigenvalue weighted by molar-refractivity contribution is -0.144. The number of aromatic nitrogens is 1. The molecule has 4 saturated heterocycles. The number of nitrogens with one attached hydrogen (secondary N) is 4. The van der Waals surface area contributed by atoms with E-state index in [4.69, 9.17) is 11.6 Å². The molecule has 1 saturated carbocycles. The van der Waals surface area contributed by atoms with Gasteiger partial charge >= 0.3 is 5.51 Å². The highest BCUT2D eigenvalue weighted by molar-refractivity contribution is 7.99. The highest BCUT2D eigenvalue weighted by atomic mass is 35.5. The van der Waals surface area contributed by atoms with Crippen molar-refractivity contribution in [2.24, 2.45) is 22.7 Å². The Morgan fingerprint density at radius 3 is 2.14 bits per heavy atom. The van der Waals surface area contributed by atoms with Crippen molar-refractivity contribution in [1.29, 1.82) is 0 Å². The summed E-state index contributed by atoms with van der Waals surface area (Å²) in [5.41, 5.74) is 1.53. The number of likely N-dealkylation sites (tertiary alicyclic amines) is 3. The van der Waals surface area contributed by atoms with E-state index >= 15 is 4.39 Å². The second kappa shape index (κ2) is 33.6. The summed E-state index contributed by atoms with van der Waals surface area (Å²) in [5.74, 6) is -2.02. The van der Waals surface area contributed by atoms with E-state index in [9.17, 15) is 59.1 Å². The Labute approximate surface area is 643 Å². The quantitative estimate of drug-likeness (QED) is 0.0174. The van der Waals surface area contributed by atoms with Crippen LogP contribution in [0.5, 0.6) is 0 Å². The minimum Gasteiger partial charge on any atom is -0.391 e. The van der Waals surface area contributed by atoms with Crippen LogP contribution in [0.4, 0.5) is 28.9 Å². The molecule has 6 aromatic rings. The Hall–Kier alpha value is -7.44. The fourth-order valence-electron chi connectivity index (χ4n) is 15.8. The fourth-order valence-corrected chi connectivity index (χ4v) is 19.7. The van der Waals surface area contributed by atoms with E-state index < -0.39 is 94.3 Å². The minimum atomic E-state index is -6.19. The lowest BCUT2D eigenvalue weighted by atomic mass is 9.78. The predicted molar refractivity (Wildman–Crippen MR) is 412 cm³/mol. The topological polar surface area (TPSA) is 251 Å². The van der Waals surface area contributed by atoms with Crippen molar-refractivity contribution in [2.45, 2.75) is 162 Å².